The van der Waals surface area contributed by atoms with Gasteiger partial charge in [-0.25, -0.2) is 4.68 Å². The van der Waals surface area contributed by atoms with Crippen LogP contribution in [-0.2, 0) is 6.42 Å². The van der Waals surface area contributed by atoms with Crippen LogP contribution in [0.1, 0.15) is 49.7 Å². The first-order chi connectivity index (χ1) is 11.4. The van der Waals surface area contributed by atoms with Crippen molar-refractivity contribution in [1.29, 1.82) is 0 Å². The Morgan fingerprint density at radius 1 is 1.21 bits per heavy atom. The van der Waals surface area contributed by atoms with E-state index in [-0.39, 0.29) is 23.2 Å². The summed E-state index contributed by atoms with van der Waals surface area (Å²) in [5, 5.41) is 15.0. The minimum atomic E-state index is -0.402. The second-order valence-corrected chi connectivity index (χ2v) is 8.13. The second kappa shape index (κ2) is 5.03. The molecule has 1 aromatic carbocycles. The third-order valence-electron chi connectivity index (χ3n) is 6.49. The lowest BCUT2D eigenvalue weighted by atomic mass is 9.50. The van der Waals surface area contributed by atoms with Crippen LogP contribution in [0.4, 0.5) is 0 Å². The Hall–Kier alpha value is -1.94. The van der Waals surface area contributed by atoms with Gasteiger partial charge in [0.25, 0.3) is 0 Å². The van der Waals surface area contributed by atoms with E-state index in [0.717, 1.165) is 29.8 Å². The fourth-order valence-electron chi connectivity index (χ4n) is 4.85. The molecule has 4 rings (SSSR count). The second-order valence-electron chi connectivity index (χ2n) is 8.13. The van der Waals surface area contributed by atoms with E-state index in [2.05, 4.69) is 25.9 Å². The molecule has 2 aliphatic carbocycles. The Morgan fingerprint density at radius 2 is 1.92 bits per heavy atom. The summed E-state index contributed by atoms with van der Waals surface area (Å²) in [4.78, 5) is 13.3. The number of hydrogen-bond donors (Lipinski definition) is 1. The SMILES string of the molecule is CC1(C)C(O)CC[C@]2(C)C(=O)c3cnn(-c4ccccc4)c3C[C@@H]12. The summed E-state index contributed by atoms with van der Waals surface area (Å²) in [6.07, 6.45) is 3.57. The fraction of sp³-hybridized carbons (Fsp3) is 0.500. The van der Waals surface area contributed by atoms with E-state index < -0.39 is 5.41 Å². The number of carbonyl (C=O) groups is 1. The van der Waals surface area contributed by atoms with Crippen molar-refractivity contribution in [1.82, 2.24) is 9.78 Å². The number of carbonyl (C=O) groups excluding carboxylic acids is 1. The molecule has 1 N–H and O–H groups in total. The Labute approximate surface area is 142 Å². The predicted octanol–water partition coefficient (Wildman–Crippen LogP) is 3.41. The molecule has 1 saturated carbocycles. The van der Waals surface area contributed by atoms with E-state index >= 15 is 0 Å². The van der Waals surface area contributed by atoms with Crippen LogP contribution in [-0.4, -0.2) is 26.8 Å². The van der Waals surface area contributed by atoms with Gasteiger partial charge >= 0.3 is 0 Å². The Bertz CT molecular complexity index is 793. The predicted molar refractivity (Wildman–Crippen MR) is 92.2 cm³/mol. The standard InChI is InChI=1S/C20H24N2O2/c1-19(2)16-11-15-14(18(24)20(16,3)10-9-17(19)23)12-21-22(15)13-7-5-4-6-8-13/h4-8,12,16-17,23H,9-11H2,1-3H3/t16-,17?,20-/m0/s1. The lowest BCUT2D eigenvalue weighted by Gasteiger charge is -2.54. The summed E-state index contributed by atoms with van der Waals surface area (Å²) >= 11 is 0. The van der Waals surface area contributed by atoms with Crippen molar-refractivity contribution in [3.05, 3.63) is 47.8 Å². The van der Waals surface area contributed by atoms with Gasteiger partial charge in [-0.05, 0) is 42.7 Å². The number of nitrogens with zero attached hydrogens (tertiary/aromatic N) is 2. The number of aliphatic hydroxyl groups excluding tert-OH is 1. The lowest BCUT2D eigenvalue weighted by Crippen LogP contribution is -2.55. The van der Waals surface area contributed by atoms with E-state index in [4.69, 9.17) is 0 Å². The van der Waals surface area contributed by atoms with Crippen LogP contribution >= 0.6 is 0 Å². The van der Waals surface area contributed by atoms with E-state index in [1.165, 1.54) is 0 Å². The van der Waals surface area contributed by atoms with Gasteiger partial charge in [0, 0.05) is 5.41 Å². The number of ketones is 1. The highest BCUT2D eigenvalue weighted by atomic mass is 16.3. The highest BCUT2D eigenvalue weighted by Gasteiger charge is 2.57. The third kappa shape index (κ3) is 1.95. The van der Waals surface area contributed by atoms with Gasteiger partial charge in [-0.3, -0.25) is 4.79 Å². The van der Waals surface area contributed by atoms with Crippen LogP contribution in [0.15, 0.2) is 36.5 Å². The molecule has 3 atom stereocenters. The largest absolute Gasteiger partial charge is 0.393 e. The molecule has 4 heteroatoms. The molecule has 126 valence electrons. The molecule has 1 heterocycles. The molecular formula is C20H24N2O2. The average molecular weight is 324 g/mol. The number of aliphatic hydroxyl groups is 1. The van der Waals surface area contributed by atoms with Gasteiger partial charge in [-0.15, -0.1) is 0 Å². The van der Waals surface area contributed by atoms with E-state index in [1.807, 2.05) is 35.0 Å². The van der Waals surface area contributed by atoms with Crippen LogP contribution < -0.4 is 0 Å². The smallest absolute Gasteiger partial charge is 0.172 e. The first-order valence-corrected chi connectivity index (χ1v) is 8.71. The van der Waals surface area contributed by atoms with Crippen LogP contribution in [0.25, 0.3) is 5.69 Å². The Balaban J connectivity index is 1.86. The maximum Gasteiger partial charge on any atom is 0.172 e. The van der Waals surface area contributed by atoms with Gasteiger partial charge in [0.1, 0.15) is 0 Å². The molecule has 1 aromatic heterocycles. The summed E-state index contributed by atoms with van der Waals surface area (Å²) in [6, 6.07) is 9.94. The van der Waals surface area contributed by atoms with Crippen molar-refractivity contribution in [2.45, 2.75) is 46.1 Å². The summed E-state index contributed by atoms with van der Waals surface area (Å²) in [5.74, 6) is 0.309. The number of hydrogen-bond acceptors (Lipinski definition) is 3. The van der Waals surface area contributed by atoms with Crippen molar-refractivity contribution in [3.63, 3.8) is 0 Å². The van der Waals surface area contributed by atoms with Crippen molar-refractivity contribution < 1.29 is 9.90 Å². The molecule has 4 nitrogen and oxygen atoms in total. The van der Waals surface area contributed by atoms with Gasteiger partial charge < -0.3 is 5.11 Å². The molecule has 24 heavy (non-hydrogen) atoms. The zero-order valence-corrected chi connectivity index (χ0v) is 14.5. The van der Waals surface area contributed by atoms with E-state index in [0.29, 0.717) is 6.42 Å². The Morgan fingerprint density at radius 3 is 2.62 bits per heavy atom. The number of Topliss-reactive ketones (excluding diaryl/α,β-unsaturated/α-hetero) is 1. The molecule has 0 aliphatic heterocycles. The zero-order chi connectivity index (χ0) is 17.1. The first kappa shape index (κ1) is 15.6. The topological polar surface area (TPSA) is 55.1 Å². The average Bonchev–Trinajstić information content (AvgIpc) is 2.99. The minimum absolute atomic E-state index is 0.118. The molecule has 2 aromatic rings. The third-order valence-corrected chi connectivity index (χ3v) is 6.49. The van der Waals surface area contributed by atoms with Gasteiger partial charge in [0.15, 0.2) is 5.78 Å². The van der Waals surface area contributed by atoms with Crippen LogP contribution in [0, 0.1) is 16.7 Å². The quantitative estimate of drug-likeness (QED) is 0.874. The van der Waals surface area contributed by atoms with Crippen molar-refractivity contribution in [2.24, 2.45) is 16.7 Å². The van der Waals surface area contributed by atoms with Gasteiger partial charge in [-0.1, -0.05) is 39.0 Å². The fourth-order valence-corrected chi connectivity index (χ4v) is 4.85. The van der Waals surface area contributed by atoms with Crippen molar-refractivity contribution in [3.8, 4) is 5.69 Å². The normalized spacial score (nSPS) is 31.4. The molecule has 2 aliphatic rings. The maximum absolute atomic E-state index is 13.3. The first-order valence-electron chi connectivity index (χ1n) is 8.71. The molecule has 1 unspecified atom stereocenters. The highest BCUT2D eigenvalue weighted by molar-refractivity contribution is 6.02. The summed E-state index contributed by atoms with van der Waals surface area (Å²) < 4.78 is 1.89. The van der Waals surface area contributed by atoms with Crippen LogP contribution in [0.3, 0.4) is 0 Å². The van der Waals surface area contributed by atoms with Gasteiger partial charge in [0.05, 0.1) is 29.2 Å². The molecular weight excluding hydrogens is 300 g/mol. The Kier molecular flexibility index (Phi) is 3.26. The number of benzene rings is 1. The van der Waals surface area contributed by atoms with Crippen LogP contribution in [0.2, 0.25) is 0 Å². The molecule has 0 saturated heterocycles. The van der Waals surface area contributed by atoms with E-state index in [1.54, 1.807) is 6.20 Å². The molecule has 0 amide bonds. The van der Waals surface area contributed by atoms with Crippen molar-refractivity contribution in [2.75, 3.05) is 0 Å². The zero-order valence-electron chi connectivity index (χ0n) is 14.5. The molecule has 0 spiro atoms. The monoisotopic (exact) mass is 324 g/mol. The summed E-state index contributed by atoms with van der Waals surface area (Å²) in [6.45, 7) is 6.28. The highest BCUT2D eigenvalue weighted by Crippen LogP contribution is 2.56. The molecule has 1 fully saturated rings. The molecule has 0 radical (unpaired) electrons. The van der Waals surface area contributed by atoms with Crippen LogP contribution in [0.5, 0.6) is 0 Å². The molecule has 0 bridgehead atoms. The van der Waals surface area contributed by atoms with Crippen molar-refractivity contribution >= 4 is 5.78 Å². The summed E-state index contributed by atoms with van der Waals surface area (Å²) in [5.41, 5.74) is 2.02. The van der Waals surface area contributed by atoms with E-state index in [9.17, 15) is 9.90 Å². The minimum Gasteiger partial charge on any atom is -0.393 e. The number of rotatable bonds is 1. The number of fused-ring (bicyclic) bond motifs is 2. The number of aromatic nitrogens is 2. The summed E-state index contributed by atoms with van der Waals surface area (Å²) in [7, 11) is 0. The van der Waals surface area contributed by atoms with Gasteiger partial charge in [0.2, 0.25) is 0 Å². The maximum atomic E-state index is 13.3. The number of para-hydroxylation sites is 1. The van der Waals surface area contributed by atoms with Gasteiger partial charge in [-0.2, -0.15) is 5.10 Å². The lowest BCUT2D eigenvalue weighted by molar-refractivity contribution is -0.0833.